The molecule has 4 heteroatoms. The number of likely N-dealkylation sites (tertiary alicyclic amines) is 1. The Morgan fingerprint density at radius 2 is 2.09 bits per heavy atom. The van der Waals surface area contributed by atoms with Crippen LogP contribution in [0.5, 0.6) is 0 Å². The van der Waals surface area contributed by atoms with Gasteiger partial charge in [0.05, 0.1) is 6.54 Å². The van der Waals surface area contributed by atoms with E-state index in [4.69, 9.17) is 0 Å². The minimum Gasteiger partial charge on any atom is -0.325 e. The molecule has 122 valence electrons. The maximum atomic E-state index is 12.4. The average molecular weight is 328 g/mol. The van der Waals surface area contributed by atoms with Crippen LogP contribution >= 0.6 is 11.3 Å². The van der Waals surface area contributed by atoms with Gasteiger partial charge in [-0.3, -0.25) is 9.69 Å². The molecule has 23 heavy (non-hydrogen) atoms. The SMILES string of the molecule is CC(C)c1ccc(NC(=O)CN2CCC[C@H]2c2cccs2)cc1. The van der Waals surface area contributed by atoms with Crippen molar-refractivity contribution in [3.8, 4) is 0 Å². The van der Waals surface area contributed by atoms with Gasteiger partial charge in [0.2, 0.25) is 5.91 Å². The Kier molecular flexibility index (Phi) is 5.13. The van der Waals surface area contributed by atoms with Gasteiger partial charge in [0.1, 0.15) is 0 Å². The fourth-order valence-electron chi connectivity index (χ4n) is 3.15. The lowest BCUT2D eigenvalue weighted by Gasteiger charge is -2.22. The van der Waals surface area contributed by atoms with Crippen LogP contribution in [-0.2, 0) is 4.79 Å². The number of thiophene rings is 1. The van der Waals surface area contributed by atoms with Gasteiger partial charge in [-0.25, -0.2) is 0 Å². The van der Waals surface area contributed by atoms with Gasteiger partial charge in [-0.1, -0.05) is 32.0 Å². The zero-order chi connectivity index (χ0) is 16.2. The molecule has 2 aromatic rings. The second-order valence-electron chi connectivity index (χ2n) is 6.47. The maximum absolute atomic E-state index is 12.4. The molecule has 1 aromatic heterocycles. The van der Waals surface area contributed by atoms with Crippen molar-refractivity contribution in [1.82, 2.24) is 4.90 Å². The smallest absolute Gasteiger partial charge is 0.238 e. The summed E-state index contributed by atoms with van der Waals surface area (Å²) in [6.07, 6.45) is 2.32. The van der Waals surface area contributed by atoms with Gasteiger partial charge < -0.3 is 5.32 Å². The Balaban J connectivity index is 1.58. The molecule has 1 aromatic carbocycles. The zero-order valence-electron chi connectivity index (χ0n) is 13.8. The second kappa shape index (κ2) is 7.28. The predicted octanol–water partition coefficient (Wildman–Crippen LogP) is 4.65. The molecular formula is C19H24N2OS. The van der Waals surface area contributed by atoms with Gasteiger partial charge in [-0.15, -0.1) is 11.3 Å². The second-order valence-corrected chi connectivity index (χ2v) is 7.45. The van der Waals surface area contributed by atoms with E-state index in [0.29, 0.717) is 18.5 Å². The summed E-state index contributed by atoms with van der Waals surface area (Å²) in [5.41, 5.74) is 2.17. The van der Waals surface area contributed by atoms with Gasteiger partial charge in [-0.05, 0) is 54.4 Å². The summed E-state index contributed by atoms with van der Waals surface area (Å²) in [6.45, 7) is 5.81. The monoisotopic (exact) mass is 328 g/mol. The van der Waals surface area contributed by atoms with Gasteiger partial charge in [0.25, 0.3) is 0 Å². The summed E-state index contributed by atoms with van der Waals surface area (Å²) in [6, 6.07) is 12.8. The van der Waals surface area contributed by atoms with Crippen LogP contribution in [0.1, 0.15) is 49.1 Å². The highest BCUT2D eigenvalue weighted by atomic mass is 32.1. The fraction of sp³-hybridized carbons (Fsp3) is 0.421. The van der Waals surface area contributed by atoms with Crippen molar-refractivity contribution in [2.24, 2.45) is 0 Å². The maximum Gasteiger partial charge on any atom is 0.238 e. The highest BCUT2D eigenvalue weighted by Crippen LogP contribution is 2.34. The summed E-state index contributed by atoms with van der Waals surface area (Å²) < 4.78 is 0. The van der Waals surface area contributed by atoms with E-state index in [1.807, 2.05) is 12.1 Å². The van der Waals surface area contributed by atoms with E-state index in [1.54, 1.807) is 11.3 Å². The van der Waals surface area contributed by atoms with E-state index in [-0.39, 0.29) is 5.91 Å². The minimum absolute atomic E-state index is 0.0748. The van der Waals surface area contributed by atoms with Gasteiger partial charge >= 0.3 is 0 Å². The van der Waals surface area contributed by atoms with E-state index in [1.165, 1.54) is 16.9 Å². The standard InChI is InChI=1S/C19H24N2OS/c1-14(2)15-7-9-16(10-8-15)20-19(22)13-21-11-3-5-17(21)18-6-4-12-23-18/h4,6-10,12,14,17H,3,5,11,13H2,1-2H3,(H,20,22)/t17-/m0/s1. The van der Waals surface area contributed by atoms with Crippen LogP contribution in [0, 0.1) is 0 Å². The molecule has 3 nitrogen and oxygen atoms in total. The van der Waals surface area contributed by atoms with Crippen molar-refractivity contribution in [2.75, 3.05) is 18.4 Å². The first-order valence-electron chi connectivity index (χ1n) is 8.31. The van der Waals surface area contributed by atoms with Crippen LogP contribution in [-0.4, -0.2) is 23.9 Å². The Hall–Kier alpha value is -1.65. The number of benzene rings is 1. The molecule has 1 aliphatic heterocycles. The fourth-order valence-corrected chi connectivity index (χ4v) is 4.05. The zero-order valence-corrected chi connectivity index (χ0v) is 14.6. The van der Waals surface area contributed by atoms with Crippen molar-refractivity contribution in [3.63, 3.8) is 0 Å². The van der Waals surface area contributed by atoms with Crippen LogP contribution in [0.3, 0.4) is 0 Å². The summed E-state index contributed by atoms with van der Waals surface area (Å²) in [4.78, 5) is 16.0. The van der Waals surface area contributed by atoms with Crippen molar-refractivity contribution >= 4 is 22.9 Å². The van der Waals surface area contributed by atoms with Gasteiger partial charge in [-0.2, -0.15) is 0 Å². The molecule has 1 saturated heterocycles. The summed E-state index contributed by atoms with van der Waals surface area (Å²) in [5.74, 6) is 0.585. The lowest BCUT2D eigenvalue weighted by molar-refractivity contribution is -0.117. The van der Waals surface area contributed by atoms with E-state index in [9.17, 15) is 4.79 Å². The first-order chi connectivity index (χ1) is 11.1. The highest BCUT2D eigenvalue weighted by Gasteiger charge is 2.28. The van der Waals surface area contributed by atoms with Crippen molar-refractivity contribution < 1.29 is 4.79 Å². The lowest BCUT2D eigenvalue weighted by Crippen LogP contribution is -2.32. The molecule has 1 N–H and O–H groups in total. The van der Waals surface area contributed by atoms with Crippen molar-refractivity contribution in [3.05, 3.63) is 52.2 Å². The third-order valence-corrected chi connectivity index (χ3v) is 5.42. The minimum atomic E-state index is 0.0748. The third kappa shape index (κ3) is 4.01. The Morgan fingerprint density at radius 3 is 2.74 bits per heavy atom. The predicted molar refractivity (Wildman–Crippen MR) is 97.0 cm³/mol. The molecule has 0 unspecified atom stereocenters. The van der Waals surface area contributed by atoms with Crippen LogP contribution in [0.2, 0.25) is 0 Å². The number of nitrogens with one attached hydrogen (secondary N) is 1. The number of carbonyl (C=O) groups excluding carboxylic acids is 1. The van der Waals surface area contributed by atoms with Crippen LogP contribution in [0.4, 0.5) is 5.69 Å². The molecule has 0 radical (unpaired) electrons. The molecule has 1 aliphatic rings. The first-order valence-corrected chi connectivity index (χ1v) is 9.18. The first kappa shape index (κ1) is 16.2. The molecule has 0 spiro atoms. The molecular weight excluding hydrogens is 304 g/mol. The molecule has 1 atom stereocenters. The topological polar surface area (TPSA) is 32.3 Å². The number of anilines is 1. The third-order valence-electron chi connectivity index (χ3n) is 4.44. The quantitative estimate of drug-likeness (QED) is 0.866. The summed E-state index contributed by atoms with van der Waals surface area (Å²) in [5, 5.41) is 5.14. The van der Waals surface area contributed by atoms with Crippen molar-refractivity contribution in [1.29, 1.82) is 0 Å². The Morgan fingerprint density at radius 1 is 1.30 bits per heavy atom. The molecule has 2 heterocycles. The highest BCUT2D eigenvalue weighted by molar-refractivity contribution is 7.10. The lowest BCUT2D eigenvalue weighted by atomic mass is 10.0. The largest absolute Gasteiger partial charge is 0.325 e. The summed E-state index contributed by atoms with van der Waals surface area (Å²) in [7, 11) is 0. The molecule has 0 saturated carbocycles. The number of amides is 1. The Bertz CT molecular complexity index is 634. The van der Waals surface area contributed by atoms with E-state index in [0.717, 1.165) is 18.7 Å². The van der Waals surface area contributed by atoms with Crippen LogP contribution in [0.25, 0.3) is 0 Å². The Labute approximate surface area is 142 Å². The molecule has 1 fully saturated rings. The molecule has 3 rings (SSSR count). The molecule has 0 bridgehead atoms. The number of nitrogens with zero attached hydrogens (tertiary/aromatic N) is 1. The van der Waals surface area contributed by atoms with E-state index < -0.39 is 0 Å². The average Bonchev–Trinajstić information content (AvgIpc) is 3.18. The molecule has 0 aliphatic carbocycles. The van der Waals surface area contributed by atoms with Crippen LogP contribution < -0.4 is 5.32 Å². The molecule has 1 amide bonds. The number of hydrogen-bond donors (Lipinski definition) is 1. The number of carbonyl (C=O) groups is 1. The van der Waals surface area contributed by atoms with Crippen molar-refractivity contribution in [2.45, 2.75) is 38.6 Å². The van der Waals surface area contributed by atoms with E-state index >= 15 is 0 Å². The van der Waals surface area contributed by atoms with Gasteiger partial charge in [0, 0.05) is 16.6 Å². The normalized spacial score (nSPS) is 18.5. The van der Waals surface area contributed by atoms with Gasteiger partial charge in [0.15, 0.2) is 0 Å². The van der Waals surface area contributed by atoms with E-state index in [2.05, 4.69) is 53.7 Å². The number of rotatable bonds is 5. The van der Waals surface area contributed by atoms with Crippen LogP contribution in [0.15, 0.2) is 41.8 Å². The summed E-state index contributed by atoms with van der Waals surface area (Å²) >= 11 is 1.79. The number of hydrogen-bond acceptors (Lipinski definition) is 3.